The summed E-state index contributed by atoms with van der Waals surface area (Å²) < 4.78 is 37.5. The number of nitrogens with one attached hydrogen (secondary N) is 1. The van der Waals surface area contributed by atoms with Crippen molar-refractivity contribution in [2.45, 2.75) is 39.1 Å². The first kappa shape index (κ1) is 52.7. The van der Waals surface area contributed by atoms with E-state index in [1.165, 1.54) is 17.5 Å². The van der Waals surface area contributed by atoms with Crippen LogP contribution in [0, 0.1) is 0 Å². The Hall–Kier alpha value is -8.59. The van der Waals surface area contributed by atoms with Gasteiger partial charge >= 0.3 is 0 Å². The number of aryl methyl sites for hydroxylation is 2. The van der Waals surface area contributed by atoms with E-state index in [0.29, 0.717) is 18.4 Å². The normalized spacial score (nSPS) is 11.6. The van der Waals surface area contributed by atoms with Gasteiger partial charge in [0.05, 0.1) is 50.6 Å². The predicted octanol–water partition coefficient (Wildman–Crippen LogP) is 13.0. The van der Waals surface area contributed by atoms with Crippen molar-refractivity contribution in [2.75, 3.05) is 33.8 Å². The molecule has 0 fully saturated rings. The number of hydrogen-bond acceptors (Lipinski definition) is 12. The van der Waals surface area contributed by atoms with Gasteiger partial charge in [-0.15, -0.1) is 0 Å². The summed E-state index contributed by atoms with van der Waals surface area (Å²) in [4.78, 5) is 17.5. The van der Waals surface area contributed by atoms with Crippen LogP contribution in [-0.2, 0) is 27.3 Å². The second-order valence-corrected chi connectivity index (χ2v) is 17.9. The maximum absolute atomic E-state index is 6.20. The molecule has 10 rings (SSSR count). The fraction of sp³-hybridized carbons (Fsp3) is 0.200. The van der Waals surface area contributed by atoms with Crippen LogP contribution in [0.2, 0.25) is 5.15 Å². The Morgan fingerprint density at radius 2 is 0.947 bits per heavy atom. The highest BCUT2D eigenvalue weighted by atomic mass is 35.5. The number of fused-ring (bicyclic) bond motifs is 2. The summed E-state index contributed by atoms with van der Waals surface area (Å²) in [7, 11) is 10.5. The number of methoxy groups -OCH3 is 4. The number of anilines is 1. The molecule has 3 N–H and O–H groups in total. The number of aromatic nitrogens is 6. The molecule has 0 radical (unpaired) electrons. The number of halogens is 1. The van der Waals surface area contributed by atoms with Crippen LogP contribution >= 0.6 is 11.6 Å². The van der Waals surface area contributed by atoms with Gasteiger partial charge in [-0.1, -0.05) is 72.3 Å². The van der Waals surface area contributed by atoms with Crippen LogP contribution < -0.4 is 39.5 Å². The third-order valence-corrected chi connectivity index (χ3v) is 13.0. The van der Waals surface area contributed by atoms with Crippen LogP contribution in [0.4, 0.5) is 5.82 Å². The quantitative estimate of drug-likeness (QED) is 0.0885. The minimum Gasteiger partial charge on any atom is -0.497 e. The van der Waals surface area contributed by atoms with Crippen molar-refractivity contribution >= 4 is 39.5 Å². The molecule has 15 heteroatoms. The van der Waals surface area contributed by atoms with Gasteiger partial charge in [0, 0.05) is 49.4 Å². The lowest BCUT2D eigenvalue weighted by Crippen LogP contribution is -2.08. The van der Waals surface area contributed by atoms with Crippen molar-refractivity contribution < 1.29 is 28.4 Å². The van der Waals surface area contributed by atoms with Crippen molar-refractivity contribution in [3.05, 3.63) is 198 Å². The fourth-order valence-corrected chi connectivity index (χ4v) is 8.59. The molecular formula is C60H61ClN8O6. The predicted molar refractivity (Wildman–Crippen MR) is 298 cm³/mol. The van der Waals surface area contributed by atoms with Crippen molar-refractivity contribution in [3.8, 4) is 57.0 Å². The molecule has 0 bridgehead atoms. The van der Waals surface area contributed by atoms with Crippen molar-refractivity contribution in [1.82, 2.24) is 29.1 Å². The second kappa shape index (κ2) is 24.9. The van der Waals surface area contributed by atoms with E-state index >= 15 is 0 Å². The SMILES string of the molecule is COc1ccc(COc2ccc(-c3cc4c(Cl)ncnc4n3C)cc2)c(OC)c1.COc1ccc(COc2ccc(-c3cc4c(N[C@H](C)c5ccccc5)ncnc4n3C)cc2)c(OC)c1.C[C@@H](N)c1ccccc1. The second-order valence-electron chi connectivity index (χ2n) is 17.5. The van der Waals surface area contributed by atoms with Crippen molar-refractivity contribution in [1.29, 1.82) is 0 Å². The average molecular weight is 1030 g/mol. The molecule has 0 amide bonds. The minimum absolute atomic E-state index is 0.115. The number of rotatable bonds is 16. The largest absolute Gasteiger partial charge is 0.497 e. The third-order valence-electron chi connectivity index (χ3n) is 12.7. The van der Waals surface area contributed by atoms with E-state index in [-0.39, 0.29) is 12.1 Å². The van der Waals surface area contributed by atoms with Crippen LogP contribution in [0.25, 0.3) is 44.6 Å². The van der Waals surface area contributed by atoms with E-state index < -0.39 is 0 Å². The first-order chi connectivity index (χ1) is 36.5. The number of benzene rings is 6. The molecule has 10 aromatic rings. The number of hydrogen-bond donors (Lipinski definition) is 2. The van der Waals surface area contributed by atoms with E-state index in [4.69, 9.17) is 45.8 Å². The van der Waals surface area contributed by atoms with Crippen LogP contribution in [0.1, 0.15) is 48.2 Å². The summed E-state index contributed by atoms with van der Waals surface area (Å²) in [6.45, 7) is 4.90. The Labute approximate surface area is 442 Å². The number of nitrogens with two attached hydrogens (primary N) is 1. The van der Waals surface area contributed by atoms with Crippen LogP contribution in [-0.4, -0.2) is 57.5 Å². The monoisotopic (exact) mass is 1020 g/mol. The molecule has 4 heterocycles. The van der Waals surface area contributed by atoms with Gasteiger partial charge < -0.3 is 48.6 Å². The standard InChI is InChI=1S/C30H30N4O3.C22H20ClN3O3.C8H11N/c1-20(21-8-6-5-7-9-21)33-29-26-17-27(34(2)30(26)32-19-31-29)22-10-13-24(14-11-22)37-18-23-12-15-25(35-3)16-28(23)36-4;1-26-19(11-18-21(23)24-13-25-22(18)26)14-4-7-16(8-5-14)29-12-15-6-9-17(27-2)10-20(15)28-3;1-7(9)8-5-3-2-4-6-8/h5-17,19-20H,18H2,1-4H3,(H,31,32,33);4-11,13H,12H2,1-3H3;2-7H,9H2,1H3/t20-;;7-/m1.1/s1. The summed E-state index contributed by atoms with van der Waals surface area (Å²) in [6.07, 6.45) is 3.08. The van der Waals surface area contributed by atoms with Crippen LogP contribution in [0.15, 0.2) is 170 Å². The van der Waals surface area contributed by atoms with E-state index in [2.05, 4.69) is 67.1 Å². The van der Waals surface area contributed by atoms with Gasteiger partial charge in [0.1, 0.15) is 82.6 Å². The molecule has 384 valence electrons. The zero-order valence-corrected chi connectivity index (χ0v) is 44.1. The van der Waals surface area contributed by atoms with Gasteiger partial charge in [-0.2, -0.15) is 0 Å². The minimum atomic E-state index is 0.115. The summed E-state index contributed by atoms with van der Waals surface area (Å²) in [5.41, 5.74) is 15.7. The summed E-state index contributed by atoms with van der Waals surface area (Å²) in [6, 6.07) is 52.1. The Morgan fingerprint density at radius 3 is 1.39 bits per heavy atom. The lowest BCUT2D eigenvalue weighted by molar-refractivity contribution is 0.295. The highest BCUT2D eigenvalue weighted by Crippen LogP contribution is 2.34. The number of ether oxygens (including phenoxy) is 6. The van der Waals surface area contributed by atoms with Gasteiger partial charge in [0.2, 0.25) is 0 Å². The highest BCUT2D eigenvalue weighted by molar-refractivity contribution is 6.34. The fourth-order valence-electron chi connectivity index (χ4n) is 8.40. The van der Waals surface area contributed by atoms with Crippen LogP contribution in [0.5, 0.6) is 34.5 Å². The van der Waals surface area contributed by atoms with Gasteiger partial charge in [-0.25, -0.2) is 19.9 Å². The number of nitrogens with zero attached hydrogens (tertiary/aromatic N) is 6. The maximum atomic E-state index is 6.20. The van der Waals surface area contributed by atoms with E-state index in [1.807, 2.05) is 153 Å². The maximum Gasteiger partial charge on any atom is 0.145 e. The van der Waals surface area contributed by atoms with Crippen molar-refractivity contribution in [2.24, 2.45) is 19.8 Å². The zero-order chi connectivity index (χ0) is 52.8. The molecule has 2 atom stereocenters. The summed E-state index contributed by atoms with van der Waals surface area (Å²) >= 11 is 6.20. The molecule has 6 aromatic carbocycles. The Balaban J connectivity index is 0.000000174. The molecule has 0 unspecified atom stereocenters. The highest BCUT2D eigenvalue weighted by Gasteiger charge is 2.17. The van der Waals surface area contributed by atoms with Gasteiger partial charge in [-0.05, 0) is 121 Å². The van der Waals surface area contributed by atoms with E-state index in [9.17, 15) is 0 Å². The van der Waals surface area contributed by atoms with Gasteiger partial charge in [0.15, 0.2) is 0 Å². The summed E-state index contributed by atoms with van der Waals surface area (Å²) in [5.74, 6) is 5.32. The van der Waals surface area contributed by atoms with Gasteiger partial charge in [-0.3, -0.25) is 0 Å². The molecule has 0 aliphatic carbocycles. The molecular weight excluding hydrogens is 964 g/mol. The lowest BCUT2D eigenvalue weighted by atomic mass is 10.1. The Kier molecular flexibility index (Phi) is 17.5. The molecule has 0 saturated heterocycles. The zero-order valence-electron chi connectivity index (χ0n) is 43.3. The topological polar surface area (TPSA) is 155 Å². The van der Waals surface area contributed by atoms with E-state index in [1.54, 1.807) is 34.8 Å². The molecule has 0 aliphatic rings. The first-order valence-electron chi connectivity index (χ1n) is 24.2. The molecule has 14 nitrogen and oxygen atoms in total. The smallest absolute Gasteiger partial charge is 0.145 e. The van der Waals surface area contributed by atoms with Crippen molar-refractivity contribution in [3.63, 3.8) is 0 Å². The van der Waals surface area contributed by atoms with E-state index in [0.717, 1.165) is 96.0 Å². The van der Waals surface area contributed by atoms with Gasteiger partial charge in [0.25, 0.3) is 0 Å². The molecule has 75 heavy (non-hydrogen) atoms. The molecule has 0 spiro atoms. The summed E-state index contributed by atoms with van der Waals surface area (Å²) in [5, 5.41) is 5.81. The molecule has 0 aliphatic heterocycles. The first-order valence-corrected chi connectivity index (χ1v) is 24.6. The van der Waals surface area contributed by atoms with Crippen LogP contribution in [0.3, 0.4) is 0 Å². The molecule has 4 aromatic heterocycles. The lowest BCUT2D eigenvalue weighted by Gasteiger charge is -2.15. The molecule has 0 saturated carbocycles. The average Bonchev–Trinajstić information content (AvgIpc) is 3.99. The Bertz CT molecular complexity index is 3440. The Morgan fingerprint density at radius 1 is 0.507 bits per heavy atom. The third kappa shape index (κ3) is 12.8.